The Morgan fingerprint density at radius 2 is 1.96 bits per heavy atom. The van der Waals surface area contributed by atoms with Gasteiger partial charge in [0.2, 0.25) is 5.91 Å². The van der Waals surface area contributed by atoms with E-state index < -0.39 is 0 Å². The third-order valence-electron chi connectivity index (χ3n) is 5.74. The van der Waals surface area contributed by atoms with E-state index in [9.17, 15) is 9.59 Å². The van der Waals surface area contributed by atoms with Gasteiger partial charge in [0.25, 0.3) is 0 Å². The molecule has 130 valence electrons. The van der Waals surface area contributed by atoms with Gasteiger partial charge in [0, 0.05) is 31.2 Å². The molecule has 1 atom stereocenters. The van der Waals surface area contributed by atoms with Crippen molar-refractivity contribution >= 4 is 17.6 Å². The fraction of sp³-hybridized carbons (Fsp3) is 0.579. The number of anilines is 1. The van der Waals surface area contributed by atoms with Crippen LogP contribution in [0.15, 0.2) is 24.3 Å². The fourth-order valence-corrected chi connectivity index (χ4v) is 4.39. The van der Waals surface area contributed by atoms with E-state index in [2.05, 4.69) is 17.6 Å². The monoisotopic (exact) mass is 329 g/mol. The highest BCUT2D eigenvalue weighted by atomic mass is 16.2. The van der Waals surface area contributed by atoms with Crippen LogP contribution in [0.1, 0.15) is 38.2 Å². The molecule has 5 nitrogen and oxygen atoms in total. The van der Waals surface area contributed by atoms with E-state index in [0.29, 0.717) is 13.1 Å². The van der Waals surface area contributed by atoms with Crippen molar-refractivity contribution in [3.8, 4) is 0 Å². The van der Waals surface area contributed by atoms with Gasteiger partial charge in [-0.05, 0) is 30.9 Å². The molecule has 2 aliphatic rings. The van der Waals surface area contributed by atoms with E-state index >= 15 is 0 Å². The molecule has 1 aromatic rings. The smallest absolute Gasteiger partial charge is 0.321 e. The van der Waals surface area contributed by atoms with Crippen molar-refractivity contribution in [1.29, 1.82) is 0 Å². The molecule has 1 spiro atoms. The Kier molecular flexibility index (Phi) is 4.78. The van der Waals surface area contributed by atoms with Crippen LogP contribution in [0.3, 0.4) is 0 Å². The number of carbonyl (C=O) groups excluding carboxylic acids is 2. The summed E-state index contributed by atoms with van der Waals surface area (Å²) in [6.07, 6.45) is 5.27. The van der Waals surface area contributed by atoms with Crippen LogP contribution >= 0.6 is 0 Å². The number of aryl methyl sites for hydroxylation is 1. The maximum atomic E-state index is 12.8. The standard InChI is InChI=1S/C19H27N3O2/c1-3-14-8-4-5-9-16(14)21-18(24)22-12-15(17(23)20-2)19(13-22)10-6-7-11-19/h4-5,8-9,15H,3,6-7,10-13H2,1-2H3,(H,20,23)(H,21,24)/t15-/m1/s1. The van der Waals surface area contributed by atoms with E-state index in [-0.39, 0.29) is 23.3 Å². The molecule has 0 bridgehead atoms. The van der Waals surface area contributed by atoms with Gasteiger partial charge in [0.05, 0.1) is 5.92 Å². The average molecular weight is 329 g/mol. The molecule has 24 heavy (non-hydrogen) atoms. The summed E-state index contributed by atoms with van der Waals surface area (Å²) in [4.78, 5) is 26.9. The van der Waals surface area contributed by atoms with Gasteiger partial charge in [-0.1, -0.05) is 38.0 Å². The molecule has 3 rings (SSSR count). The number of para-hydroxylation sites is 1. The molecule has 1 aliphatic carbocycles. The molecule has 1 saturated carbocycles. The second kappa shape index (κ2) is 6.83. The molecule has 2 N–H and O–H groups in total. The highest BCUT2D eigenvalue weighted by molar-refractivity contribution is 5.91. The highest BCUT2D eigenvalue weighted by Gasteiger charge is 2.52. The van der Waals surface area contributed by atoms with Crippen LogP contribution < -0.4 is 10.6 Å². The Labute approximate surface area is 143 Å². The quantitative estimate of drug-likeness (QED) is 0.895. The predicted octanol–water partition coefficient (Wildman–Crippen LogP) is 3.02. The molecule has 1 heterocycles. The maximum absolute atomic E-state index is 12.8. The Hall–Kier alpha value is -2.04. The molecular weight excluding hydrogens is 302 g/mol. The summed E-state index contributed by atoms with van der Waals surface area (Å²) in [7, 11) is 1.69. The minimum absolute atomic E-state index is 0.0261. The summed E-state index contributed by atoms with van der Waals surface area (Å²) >= 11 is 0. The van der Waals surface area contributed by atoms with Crippen LogP contribution in [-0.4, -0.2) is 37.0 Å². The third-order valence-corrected chi connectivity index (χ3v) is 5.74. The predicted molar refractivity (Wildman–Crippen MR) is 94.9 cm³/mol. The number of hydrogen-bond acceptors (Lipinski definition) is 2. The molecule has 1 aromatic carbocycles. The van der Waals surface area contributed by atoms with E-state index in [1.807, 2.05) is 29.2 Å². The molecule has 0 aromatic heterocycles. The second-order valence-electron chi connectivity index (χ2n) is 7.06. The van der Waals surface area contributed by atoms with Crippen LogP contribution in [0.25, 0.3) is 0 Å². The van der Waals surface area contributed by atoms with E-state index in [1.165, 1.54) is 0 Å². The Bertz CT molecular complexity index is 623. The van der Waals surface area contributed by atoms with E-state index in [1.54, 1.807) is 7.05 Å². The average Bonchev–Trinajstić information content (AvgIpc) is 3.22. The number of benzene rings is 1. The van der Waals surface area contributed by atoms with Gasteiger partial charge in [-0.15, -0.1) is 0 Å². The Morgan fingerprint density at radius 1 is 1.25 bits per heavy atom. The number of hydrogen-bond donors (Lipinski definition) is 2. The summed E-state index contributed by atoms with van der Waals surface area (Å²) in [6.45, 7) is 3.28. The minimum atomic E-state index is -0.0893. The molecule has 1 aliphatic heterocycles. The number of likely N-dealkylation sites (tertiary alicyclic amines) is 1. The molecule has 0 radical (unpaired) electrons. The zero-order valence-corrected chi connectivity index (χ0v) is 14.6. The van der Waals surface area contributed by atoms with Gasteiger partial charge in [-0.3, -0.25) is 4.79 Å². The molecule has 5 heteroatoms. The van der Waals surface area contributed by atoms with Gasteiger partial charge in [0.1, 0.15) is 0 Å². The Balaban J connectivity index is 1.75. The first kappa shape index (κ1) is 16.8. The first-order valence-electron chi connectivity index (χ1n) is 8.95. The van der Waals surface area contributed by atoms with Gasteiger partial charge >= 0.3 is 6.03 Å². The van der Waals surface area contributed by atoms with E-state index in [4.69, 9.17) is 0 Å². The first-order chi connectivity index (χ1) is 11.6. The zero-order chi connectivity index (χ0) is 17.2. The van der Waals surface area contributed by atoms with Crippen molar-refractivity contribution in [2.75, 3.05) is 25.5 Å². The topological polar surface area (TPSA) is 61.4 Å². The number of nitrogens with one attached hydrogen (secondary N) is 2. The number of urea groups is 1. The largest absolute Gasteiger partial charge is 0.359 e. The zero-order valence-electron chi connectivity index (χ0n) is 14.6. The van der Waals surface area contributed by atoms with Crippen molar-refractivity contribution in [3.63, 3.8) is 0 Å². The lowest BCUT2D eigenvalue weighted by molar-refractivity contribution is -0.127. The lowest BCUT2D eigenvalue weighted by Gasteiger charge is -2.28. The number of carbonyl (C=O) groups is 2. The number of rotatable bonds is 3. The summed E-state index contributed by atoms with van der Waals surface area (Å²) in [5, 5.41) is 5.83. The molecule has 2 fully saturated rings. The minimum Gasteiger partial charge on any atom is -0.359 e. The van der Waals surface area contributed by atoms with Crippen LogP contribution in [0.4, 0.5) is 10.5 Å². The summed E-state index contributed by atoms with van der Waals surface area (Å²) in [5.74, 6) is -0.0154. The Morgan fingerprint density at radius 3 is 2.62 bits per heavy atom. The van der Waals surface area contributed by atoms with E-state index in [0.717, 1.165) is 43.4 Å². The normalized spacial score (nSPS) is 21.9. The lowest BCUT2D eigenvalue weighted by atomic mass is 9.76. The van der Waals surface area contributed by atoms with Gasteiger partial charge < -0.3 is 15.5 Å². The van der Waals surface area contributed by atoms with Crippen molar-refractivity contribution in [3.05, 3.63) is 29.8 Å². The number of nitrogens with zero attached hydrogens (tertiary/aromatic N) is 1. The van der Waals surface area contributed by atoms with Crippen molar-refractivity contribution in [2.45, 2.75) is 39.0 Å². The van der Waals surface area contributed by atoms with Crippen molar-refractivity contribution in [1.82, 2.24) is 10.2 Å². The summed E-state index contributed by atoms with van der Waals surface area (Å²) in [5.41, 5.74) is 1.97. The van der Waals surface area contributed by atoms with Crippen LogP contribution in [0, 0.1) is 11.3 Å². The third kappa shape index (κ3) is 2.99. The maximum Gasteiger partial charge on any atom is 0.321 e. The molecular formula is C19H27N3O2. The number of amides is 3. The van der Waals surface area contributed by atoms with Crippen LogP contribution in [0.2, 0.25) is 0 Å². The SMILES string of the molecule is CCc1ccccc1NC(=O)N1C[C@H](C(=O)NC)C2(CCCC2)C1. The molecule has 3 amide bonds. The van der Waals surface area contributed by atoms with Crippen LogP contribution in [-0.2, 0) is 11.2 Å². The summed E-state index contributed by atoms with van der Waals surface area (Å²) < 4.78 is 0. The van der Waals surface area contributed by atoms with Crippen molar-refractivity contribution in [2.24, 2.45) is 11.3 Å². The van der Waals surface area contributed by atoms with Crippen LogP contribution in [0.5, 0.6) is 0 Å². The van der Waals surface area contributed by atoms with Gasteiger partial charge in [0.15, 0.2) is 0 Å². The second-order valence-corrected chi connectivity index (χ2v) is 7.06. The fourth-order valence-electron chi connectivity index (χ4n) is 4.39. The van der Waals surface area contributed by atoms with Crippen molar-refractivity contribution < 1.29 is 9.59 Å². The first-order valence-corrected chi connectivity index (χ1v) is 8.95. The lowest BCUT2D eigenvalue weighted by Crippen LogP contribution is -2.38. The summed E-state index contributed by atoms with van der Waals surface area (Å²) in [6, 6.07) is 7.80. The van der Waals surface area contributed by atoms with Gasteiger partial charge in [-0.25, -0.2) is 4.79 Å². The molecule has 0 unspecified atom stereocenters. The highest BCUT2D eigenvalue weighted by Crippen LogP contribution is 2.49. The van der Waals surface area contributed by atoms with Gasteiger partial charge in [-0.2, -0.15) is 0 Å². The molecule has 1 saturated heterocycles.